The zero-order chi connectivity index (χ0) is 26.1. The van der Waals surface area contributed by atoms with Gasteiger partial charge in [-0.2, -0.15) is 0 Å². The molecule has 3 rings (SSSR count). The Morgan fingerprint density at radius 1 is 1.09 bits per heavy atom. The number of halogens is 2. The van der Waals surface area contributed by atoms with E-state index in [0.717, 1.165) is 11.6 Å². The first-order chi connectivity index (χ1) is 16.3. The zero-order valence-corrected chi connectivity index (χ0v) is 22.8. The van der Waals surface area contributed by atoms with Gasteiger partial charge in [-0.3, -0.25) is 4.79 Å². The third-order valence-corrected chi connectivity index (χ3v) is 7.53. The molecule has 0 radical (unpaired) electrons. The number of fused-ring (bicyclic) bond motifs is 1. The first kappa shape index (κ1) is 26.8. The van der Waals surface area contributed by atoms with Gasteiger partial charge in [-0.1, -0.05) is 39.0 Å². The lowest BCUT2D eigenvalue weighted by Gasteiger charge is -2.31. The molecule has 0 aliphatic heterocycles. The van der Waals surface area contributed by atoms with E-state index in [1.54, 1.807) is 32.0 Å². The molecule has 1 heterocycles. The molecule has 2 aromatic carbocycles. The summed E-state index contributed by atoms with van der Waals surface area (Å²) in [6, 6.07) is 7.99. The highest BCUT2D eigenvalue weighted by molar-refractivity contribution is 6.31. The summed E-state index contributed by atoms with van der Waals surface area (Å²) < 4.78 is 43.9. The molecule has 35 heavy (non-hydrogen) atoms. The first-order valence-electron chi connectivity index (χ1n) is 11.8. The minimum Gasteiger partial charge on any atom is -0.462 e. The summed E-state index contributed by atoms with van der Waals surface area (Å²) in [5.41, 5.74) is -0.773. The number of aromatic nitrogens is 1. The molecule has 0 atom stereocenters. The molecule has 0 aliphatic rings. The summed E-state index contributed by atoms with van der Waals surface area (Å²) in [6.07, 6.45) is 1.28. The van der Waals surface area contributed by atoms with Gasteiger partial charge in [0.2, 0.25) is 5.43 Å². The second kappa shape index (κ2) is 10.0. The van der Waals surface area contributed by atoms with E-state index in [-0.39, 0.29) is 40.2 Å². The molecule has 0 bridgehead atoms. The maximum Gasteiger partial charge on any atom is 0.343 e. The van der Waals surface area contributed by atoms with Crippen molar-refractivity contribution in [2.24, 2.45) is 0 Å². The standard InChI is InChI=1S/C27H33F2NO4Si/c1-8-30-15-19(25(32)33-9-2)24(31)18-14-20(28)21(22(29)23(18)30)16-11-10-12-17(13-16)27(6,7)34-35-26(3,4)5/h10-15H,8-9,35H2,1-7H3. The smallest absolute Gasteiger partial charge is 0.343 e. The van der Waals surface area contributed by atoms with E-state index in [4.69, 9.17) is 9.16 Å². The van der Waals surface area contributed by atoms with Crippen molar-refractivity contribution < 1.29 is 22.7 Å². The van der Waals surface area contributed by atoms with Gasteiger partial charge in [-0.15, -0.1) is 0 Å². The van der Waals surface area contributed by atoms with Crippen LogP contribution >= 0.6 is 0 Å². The topological polar surface area (TPSA) is 57.5 Å². The molecular weight excluding hydrogens is 468 g/mol. The molecule has 0 spiro atoms. The van der Waals surface area contributed by atoms with Crippen molar-refractivity contribution in [3.05, 3.63) is 69.5 Å². The molecule has 188 valence electrons. The van der Waals surface area contributed by atoms with Gasteiger partial charge in [0.15, 0.2) is 15.6 Å². The molecule has 0 amide bonds. The molecule has 3 aromatic rings. The number of aryl methyl sites for hydroxylation is 1. The Morgan fingerprint density at radius 3 is 2.37 bits per heavy atom. The van der Waals surface area contributed by atoms with Crippen LogP contribution < -0.4 is 5.43 Å². The molecule has 0 saturated heterocycles. The van der Waals surface area contributed by atoms with Crippen molar-refractivity contribution >= 4 is 26.6 Å². The molecule has 0 aliphatic carbocycles. The van der Waals surface area contributed by atoms with Crippen LogP contribution in [0.4, 0.5) is 8.78 Å². The van der Waals surface area contributed by atoms with Crippen molar-refractivity contribution in [3.63, 3.8) is 0 Å². The number of esters is 1. The summed E-state index contributed by atoms with van der Waals surface area (Å²) in [7, 11) is -0.869. The number of ether oxygens (including phenoxy) is 1. The normalized spacial score (nSPS) is 12.6. The van der Waals surface area contributed by atoms with Crippen LogP contribution in [0, 0.1) is 11.6 Å². The minimum atomic E-state index is -0.879. The van der Waals surface area contributed by atoms with E-state index in [0.29, 0.717) is 5.56 Å². The Morgan fingerprint density at radius 2 is 1.77 bits per heavy atom. The van der Waals surface area contributed by atoms with E-state index in [9.17, 15) is 9.59 Å². The number of carbonyl (C=O) groups excluding carboxylic acids is 1. The van der Waals surface area contributed by atoms with Crippen LogP contribution in [0.3, 0.4) is 0 Å². The number of nitrogens with zero attached hydrogens (tertiary/aromatic N) is 1. The Labute approximate surface area is 207 Å². The van der Waals surface area contributed by atoms with Crippen molar-refractivity contribution in [2.75, 3.05) is 6.61 Å². The fourth-order valence-corrected chi connectivity index (χ4v) is 4.84. The van der Waals surface area contributed by atoms with E-state index >= 15 is 8.78 Å². The van der Waals surface area contributed by atoms with Crippen LogP contribution in [0.2, 0.25) is 5.04 Å². The third-order valence-electron chi connectivity index (χ3n) is 5.80. The summed E-state index contributed by atoms with van der Waals surface area (Å²) in [4.78, 5) is 25.2. The number of pyridine rings is 1. The lowest BCUT2D eigenvalue weighted by Crippen LogP contribution is -2.27. The van der Waals surface area contributed by atoms with Crippen LogP contribution in [0.15, 0.2) is 41.3 Å². The molecule has 0 saturated carbocycles. The van der Waals surface area contributed by atoms with E-state index < -0.39 is 38.4 Å². The van der Waals surface area contributed by atoms with Gasteiger partial charge < -0.3 is 13.7 Å². The van der Waals surface area contributed by atoms with E-state index in [1.807, 2.05) is 19.9 Å². The molecule has 0 unspecified atom stereocenters. The number of carbonyl (C=O) groups is 1. The van der Waals surface area contributed by atoms with E-state index in [2.05, 4.69) is 20.8 Å². The largest absolute Gasteiger partial charge is 0.462 e. The van der Waals surface area contributed by atoms with Crippen molar-refractivity contribution in [1.82, 2.24) is 4.57 Å². The minimum absolute atomic E-state index is 0.0528. The molecule has 0 fully saturated rings. The first-order valence-corrected chi connectivity index (χ1v) is 13.1. The van der Waals surface area contributed by atoms with Gasteiger partial charge >= 0.3 is 5.97 Å². The highest BCUT2D eigenvalue weighted by Crippen LogP contribution is 2.35. The van der Waals surface area contributed by atoms with Crippen molar-refractivity contribution in [2.45, 2.75) is 65.7 Å². The maximum absolute atomic E-state index is 15.9. The van der Waals surface area contributed by atoms with Gasteiger partial charge in [0.25, 0.3) is 0 Å². The van der Waals surface area contributed by atoms with Crippen molar-refractivity contribution in [1.29, 1.82) is 0 Å². The van der Waals surface area contributed by atoms with Crippen LogP contribution in [0.5, 0.6) is 0 Å². The molecular formula is C27H33F2NO4Si. The SMILES string of the molecule is CCOC(=O)c1cn(CC)c2c(F)c(-c3cccc(C(C)(C)O[SiH2]C(C)(C)C)c3)c(F)cc2c1=O. The Hall–Kier alpha value is -2.84. The van der Waals surface area contributed by atoms with Gasteiger partial charge in [-0.25, -0.2) is 13.6 Å². The summed E-state index contributed by atoms with van der Waals surface area (Å²) in [5.74, 6) is -2.55. The van der Waals surface area contributed by atoms with Crippen LogP contribution in [-0.2, 0) is 21.3 Å². The van der Waals surface area contributed by atoms with Gasteiger partial charge in [0.05, 0.1) is 28.7 Å². The zero-order valence-electron chi connectivity index (χ0n) is 21.4. The highest BCUT2D eigenvalue weighted by atomic mass is 28.2. The summed E-state index contributed by atoms with van der Waals surface area (Å²) >= 11 is 0. The molecule has 5 nitrogen and oxygen atoms in total. The average Bonchev–Trinajstić information content (AvgIpc) is 2.78. The second-order valence-electron chi connectivity index (χ2n) is 10.3. The number of benzene rings is 2. The second-order valence-corrected chi connectivity index (χ2v) is 13.0. The lowest BCUT2D eigenvalue weighted by atomic mass is 9.93. The maximum atomic E-state index is 15.9. The molecule has 1 aromatic heterocycles. The molecule has 0 N–H and O–H groups in total. The number of rotatable bonds is 7. The monoisotopic (exact) mass is 501 g/mol. The summed E-state index contributed by atoms with van der Waals surface area (Å²) in [5, 5.41) is -0.107. The van der Waals surface area contributed by atoms with Gasteiger partial charge in [-0.05, 0) is 56.0 Å². The molecule has 8 heteroatoms. The van der Waals surface area contributed by atoms with Gasteiger partial charge in [0, 0.05) is 12.7 Å². The summed E-state index contributed by atoms with van der Waals surface area (Å²) in [6.45, 7) is 14.0. The van der Waals surface area contributed by atoms with E-state index in [1.165, 1.54) is 10.8 Å². The van der Waals surface area contributed by atoms with Crippen LogP contribution in [-0.4, -0.2) is 26.9 Å². The fourth-order valence-electron chi connectivity index (χ4n) is 3.88. The Bertz CT molecular complexity index is 1330. The number of hydrogen-bond donors (Lipinski definition) is 0. The number of hydrogen-bond acceptors (Lipinski definition) is 4. The predicted octanol–water partition coefficient (Wildman–Crippen LogP) is 5.70. The third kappa shape index (κ3) is 5.54. The van der Waals surface area contributed by atoms with Gasteiger partial charge in [0.1, 0.15) is 11.4 Å². The Kier molecular flexibility index (Phi) is 7.67. The van der Waals surface area contributed by atoms with Crippen molar-refractivity contribution in [3.8, 4) is 11.1 Å². The highest BCUT2D eigenvalue weighted by Gasteiger charge is 2.27. The van der Waals surface area contributed by atoms with Crippen LogP contribution in [0.1, 0.15) is 64.4 Å². The lowest BCUT2D eigenvalue weighted by molar-refractivity contribution is 0.0524. The predicted molar refractivity (Wildman–Crippen MR) is 138 cm³/mol. The fraction of sp³-hybridized carbons (Fsp3) is 0.407. The quantitative estimate of drug-likeness (QED) is 0.308. The van der Waals surface area contributed by atoms with Crippen LogP contribution in [0.25, 0.3) is 22.0 Å². The Balaban J connectivity index is 2.19. The average molecular weight is 502 g/mol.